The minimum absolute atomic E-state index is 0.0127. The summed E-state index contributed by atoms with van der Waals surface area (Å²) >= 11 is 1.69. The third kappa shape index (κ3) is 3.47. The fraction of sp³-hybridized carbons (Fsp3) is 0.588. The summed E-state index contributed by atoms with van der Waals surface area (Å²) in [6.07, 6.45) is 2.95. The molecule has 1 amide bonds. The molecule has 3 rings (SSSR count). The zero-order valence-electron chi connectivity index (χ0n) is 13.1. The van der Waals surface area contributed by atoms with Gasteiger partial charge in [0.25, 0.3) is 0 Å². The second-order valence-corrected chi connectivity index (χ2v) is 7.56. The number of thioether (sulfide) groups is 1. The maximum atomic E-state index is 12.5. The van der Waals surface area contributed by atoms with E-state index in [-0.39, 0.29) is 16.6 Å². The van der Waals surface area contributed by atoms with Crippen LogP contribution in [0, 0.1) is 5.41 Å². The van der Waals surface area contributed by atoms with Gasteiger partial charge in [-0.2, -0.15) is 0 Å². The van der Waals surface area contributed by atoms with Crippen molar-refractivity contribution >= 4 is 17.7 Å². The van der Waals surface area contributed by atoms with E-state index >= 15 is 0 Å². The minimum atomic E-state index is 0.0127. The molecule has 120 valence electrons. The highest BCUT2D eigenvalue weighted by atomic mass is 32.2. The van der Waals surface area contributed by atoms with E-state index in [4.69, 9.17) is 4.74 Å². The number of methoxy groups -OCH3 is 1. The van der Waals surface area contributed by atoms with Crippen LogP contribution >= 0.6 is 11.8 Å². The number of nitrogens with one attached hydrogen (secondary N) is 2. The highest BCUT2D eigenvalue weighted by Crippen LogP contribution is 2.37. The number of rotatable bonds is 5. The first-order valence-corrected chi connectivity index (χ1v) is 8.82. The molecule has 2 aliphatic rings. The van der Waals surface area contributed by atoms with Crippen molar-refractivity contribution in [1.29, 1.82) is 0 Å². The Balaban J connectivity index is 1.56. The third-order valence-corrected chi connectivity index (χ3v) is 6.01. The number of hydrogen-bond acceptors (Lipinski definition) is 4. The lowest BCUT2D eigenvalue weighted by atomic mass is 9.79. The van der Waals surface area contributed by atoms with Gasteiger partial charge in [0.15, 0.2) is 0 Å². The van der Waals surface area contributed by atoms with Crippen molar-refractivity contribution < 1.29 is 9.53 Å². The summed E-state index contributed by atoms with van der Waals surface area (Å²) in [6.45, 7) is 3.44. The van der Waals surface area contributed by atoms with E-state index in [1.54, 1.807) is 18.9 Å². The highest BCUT2D eigenvalue weighted by molar-refractivity contribution is 8.01. The molecule has 0 aliphatic carbocycles. The van der Waals surface area contributed by atoms with E-state index in [9.17, 15) is 4.79 Å². The molecule has 1 aromatic rings. The number of piperidine rings is 1. The number of ether oxygens (including phenoxy) is 1. The number of fused-ring (bicyclic) bond motifs is 1. The average molecular weight is 320 g/mol. The van der Waals surface area contributed by atoms with Crippen LogP contribution in [0.3, 0.4) is 0 Å². The molecule has 1 atom stereocenters. The molecular weight excluding hydrogens is 296 g/mol. The van der Waals surface area contributed by atoms with E-state index in [1.807, 2.05) is 12.1 Å². The summed E-state index contributed by atoms with van der Waals surface area (Å²) < 4.78 is 5.41. The first-order chi connectivity index (χ1) is 10.7. The number of amides is 1. The van der Waals surface area contributed by atoms with Gasteiger partial charge in [0.2, 0.25) is 5.91 Å². The maximum absolute atomic E-state index is 12.5. The van der Waals surface area contributed by atoms with E-state index < -0.39 is 0 Å². The second kappa shape index (κ2) is 7.02. The fourth-order valence-electron chi connectivity index (χ4n) is 3.35. The average Bonchev–Trinajstić information content (AvgIpc) is 2.98. The van der Waals surface area contributed by atoms with Crippen LogP contribution in [-0.2, 0) is 16.0 Å². The molecule has 0 saturated carbocycles. The van der Waals surface area contributed by atoms with E-state index in [2.05, 4.69) is 22.8 Å². The maximum Gasteiger partial charge on any atom is 0.233 e. The van der Waals surface area contributed by atoms with Crippen LogP contribution in [0.5, 0.6) is 0 Å². The van der Waals surface area contributed by atoms with Crippen molar-refractivity contribution in [3.8, 4) is 0 Å². The molecule has 2 N–H and O–H groups in total. The van der Waals surface area contributed by atoms with Gasteiger partial charge in [-0.15, -0.1) is 11.8 Å². The van der Waals surface area contributed by atoms with E-state index in [0.717, 1.165) is 38.9 Å². The van der Waals surface area contributed by atoms with Crippen LogP contribution in [0.25, 0.3) is 0 Å². The summed E-state index contributed by atoms with van der Waals surface area (Å²) in [5.41, 5.74) is 1.38. The highest BCUT2D eigenvalue weighted by Gasteiger charge is 2.34. The van der Waals surface area contributed by atoms with Gasteiger partial charge in [-0.25, -0.2) is 0 Å². The number of carbonyl (C=O) groups is 1. The van der Waals surface area contributed by atoms with Crippen molar-refractivity contribution in [2.75, 3.05) is 33.4 Å². The Labute approximate surface area is 136 Å². The van der Waals surface area contributed by atoms with Gasteiger partial charge in [-0.3, -0.25) is 4.79 Å². The van der Waals surface area contributed by atoms with Crippen LogP contribution in [-0.4, -0.2) is 44.5 Å². The molecule has 1 fully saturated rings. The van der Waals surface area contributed by atoms with E-state index in [0.29, 0.717) is 6.61 Å². The van der Waals surface area contributed by atoms with Crippen molar-refractivity contribution in [3.05, 3.63) is 29.8 Å². The molecule has 1 aromatic carbocycles. The Morgan fingerprint density at radius 2 is 2.18 bits per heavy atom. The summed E-state index contributed by atoms with van der Waals surface area (Å²) in [7, 11) is 1.75. The van der Waals surface area contributed by atoms with Crippen molar-refractivity contribution in [2.45, 2.75) is 29.4 Å². The molecule has 0 spiro atoms. The summed E-state index contributed by atoms with van der Waals surface area (Å²) in [4.78, 5) is 13.8. The van der Waals surface area contributed by atoms with Crippen LogP contribution in [0.15, 0.2) is 29.2 Å². The lowest BCUT2D eigenvalue weighted by Crippen LogP contribution is -2.48. The summed E-state index contributed by atoms with van der Waals surface area (Å²) in [5.74, 6) is 0.162. The number of benzene rings is 1. The van der Waals surface area contributed by atoms with Gasteiger partial charge in [0.1, 0.15) is 0 Å². The predicted octanol–water partition coefficient (Wildman–Crippen LogP) is 1.84. The first kappa shape index (κ1) is 15.8. The Hall–Kier alpha value is -1.04. The van der Waals surface area contributed by atoms with Gasteiger partial charge in [0.05, 0.1) is 11.9 Å². The molecule has 5 heteroatoms. The standard InChI is InChI=1S/C17H24N2O2S/c1-21-12-17(6-8-18-9-7-17)11-19-16(20)15-10-13-4-2-3-5-14(13)22-15/h2-5,15,18H,6-12H2,1H3,(H,19,20). The molecule has 4 nitrogen and oxygen atoms in total. The van der Waals surface area contributed by atoms with Crippen LogP contribution < -0.4 is 10.6 Å². The van der Waals surface area contributed by atoms with Crippen molar-refractivity contribution in [3.63, 3.8) is 0 Å². The van der Waals surface area contributed by atoms with E-state index in [1.165, 1.54) is 10.5 Å². The van der Waals surface area contributed by atoms with Crippen LogP contribution in [0.4, 0.5) is 0 Å². The normalized spacial score (nSPS) is 23.0. The lowest BCUT2D eigenvalue weighted by molar-refractivity contribution is -0.121. The van der Waals surface area contributed by atoms with Crippen LogP contribution in [0.2, 0.25) is 0 Å². The number of hydrogen-bond donors (Lipinski definition) is 2. The molecule has 0 bridgehead atoms. The van der Waals surface area contributed by atoms with Gasteiger partial charge in [0, 0.05) is 24.0 Å². The summed E-state index contributed by atoms with van der Waals surface area (Å²) in [6, 6.07) is 8.30. The molecule has 2 aliphatic heterocycles. The lowest BCUT2D eigenvalue weighted by Gasteiger charge is -2.37. The second-order valence-electron chi connectivity index (χ2n) is 6.32. The Kier molecular flexibility index (Phi) is 5.06. The Morgan fingerprint density at radius 1 is 1.41 bits per heavy atom. The third-order valence-electron chi connectivity index (χ3n) is 4.69. The Morgan fingerprint density at radius 3 is 2.91 bits per heavy atom. The Bertz CT molecular complexity index is 499. The molecule has 2 heterocycles. The number of carbonyl (C=O) groups excluding carboxylic acids is 1. The largest absolute Gasteiger partial charge is 0.384 e. The molecular formula is C17H24N2O2S. The minimum Gasteiger partial charge on any atom is -0.384 e. The molecule has 0 radical (unpaired) electrons. The molecule has 1 unspecified atom stereocenters. The van der Waals surface area contributed by atoms with Crippen LogP contribution in [0.1, 0.15) is 18.4 Å². The quantitative estimate of drug-likeness (QED) is 0.869. The molecule has 22 heavy (non-hydrogen) atoms. The summed E-state index contributed by atoms with van der Waals surface area (Å²) in [5, 5.41) is 6.58. The van der Waals surface area contributed by atoms with Gasteiger partial charge < -0.3 is 15.4 Å². The smallest absolute Gasteiger partial charge is 0.233 e. The zero-order valence-corrected chi connectivity index (χ0v) is 13.9. The zero-order chi connectivity index (χ0) is 15.4. The van der Waals surface area contributed by atoms with Gasteiger partial charge >= 0.3 is 0 Å². The van der Waals surface area contributed by atoms with Crippen molar-refractivity contribution in [1.82, 2.24) is 10.6 Å². The molecule has 1 saturated heterocycles. The molecule has 0 aromatic heterocycles. The first-order valence-electron chi connectivity index (χ1n) is 7.94. The van der Waals surface area contributed by atoms with Gasteiger partial charge in [-0.05, 0) is 44.0 Å². The SMILES string of the molecule is COCC1(CNC(=O)C2Cc3ccccc3S2)CCNCC1. The predicted molar refractivity (Wildman–Crippen MR) is 89.2 cm³/mol. The topological polar surface area (TPSA) is 50.4 Å². The van der Waals surface area contributed by atoms with Crippen molar-refractivity contribution in [2.24, 2.45) is 5.41 Å². The monoisotopic (exact) mass is 320 g/mol. The van der Waals surface area contributed by atoms with Gasteiger partial charge in [-0.1, -0.05) is 18.2 Å². The fourth-order valence-corrected chi connectivity index (χ4v) is 4.57.